The van der Waals surface area contributed by atoms with Gasteiger partial charge in [-0.15, -0.1) is 0 Å². The number of halogens is 4. The lowest BCUT2D eigenvalue weighted by atomic mass is 11.0. The fourth-order valence-electron chi connectivity index (χ4n) is 0.0724. The van der Waals surface area contributed by atoms with E-state index in [0.29, 0.717) is 0 Å². The highest BCUT2D eigenvalue weighted by molar-refractivity contribution is 6.17. The van der Waals surface area contributed by atoms with E-state index in [0.717, 1.165) is 0 Å². The molecular weight excluding hydrogens is 144 g/mol. The Morgan fingerprint density at radius 2 is 1.75 bits per heavy atom. The predicted molar refractivity (Wildman–Crippen MR) is 18.3 cm³/mol. The summed E-state index contributed by atoms with van der Waals surface area (Å²) in [6.45, 7) is 0. The minimum absolute atomic E-state index is 1.78. The van der Waals surface area contributed by atoms with Crippen LogP contribution in [0.25, 0.3) is 0 Å². The van der Waals surface area contributed by atoms with Crippen molar-refractivity contribution in [3.63, 3.8) is 0 Å². The zero-order valence-electron chi connectivity index (χ0n) is 3.42. The third kappa shape index (κ3) is 2.62. The van der Waals surface area contributed by atoms with Gasteiger partial charge in [-0.1, -0.05) is 0 Å². The molecule has 0 spiro atoms. The third-order valence-electron chi connectivity index (χ3n) is 0.277. The van der Waals surface area contributed by atoms with Crippen LogP contribution in [-0.4, -0.2) is 10.1 Å². The van der Waals surface area contributed by atoms with Crippen molar-refractivity contribution in [1.82, 2.24) is 0 Å². The molecule has 0 saturated carbocycles. The first kappa shape index (κ1) is 7.48. The van der Waals surface area contributed by atoms with E-state index in [9.17, 15) is 17.3 Å². The summed E-state index contributed by atoms with van der Waals surface area (Å²) < 4.78 is 46.8. The van der Waals surface area contributed by atoms with Gasteiger partial charge in [0.1, 0.15) is 0 Å². The zero-order chi connectivity index (χ0) is 6.57. The van der Waals surface area contributed by atoms with Gasteiger partial charge in [0.2, 0.25) is 0 Å². The van der Waals surface area contributed by atoms with Gasteiger partial charge in [0.25, 0.3) is 0 Å². The Morgan fingerprint density at radius 1 is 1.25 bits per heavy atom. The van der Waals surface area contributed by atoms with E-state index in [4.69, 9.17) is 0 Å². The largest absolute Gasteiger partial charge is 0.567 e. The normalized spacial score (nSPS) is 8.50. The van der Waals surface area contributed by atoms with E-state index >= 15 is 0 Å². The van der Waals surface area contributed by atoms with Crippen molar-refractivity contribution in [3.05, 3.63) is 12.1 Å². The average molecular weight is 144 g/mol. The highest BCUT2D eigenvalue weighted by Gasteiger charge is 2.05. The van der Waals surface area contributed by atoms with Crippen molar-refractivity contribution in [2.24, 2.45) is 0 Å². The Balaban J connectivity index is 3.62. The maximum absolute atomic E-state index is 11.2. The first-order valence-corrected chi connectivity index (χ1v) is 2.20. The summed E-state index contributed by atoms with van der Waals surface area (Å²) in [6, 6.07) is -2.15. The number of hydrogen-bond acceptors (Lipinski definition) is 1. The van der Waals surface area contributed by atoms with Gasteiger partial charge in [0, 0.05) is 0 Å². The lowest BCUT2D eigenvalue weighted by Gasteiger charge is -1.89. The van der Waals surface area contributed by atoms with E-state index in [2.05, 4.69) is 4.43 Å². The van der Waals surface area contributed by atoms with E-state index in [1.807, 2.05) is 0 Å². The lowest BCUT2D eigenvalue weighted by molar-refractivity contribution is 0.238. The molecule has 0 saturated heterocycles. The Bertz CT molecular complexity index is 98.2. The van der Waals surface area contributed by atoms with Crippen LogP contribution < -0.4 is 0 Å². The van der Waals surface area contributed by atoms with Gasteiger partial charge < -0.3 is 4.43 Å². The second kappa shape index (κ2) is 3.48. The zero-order valence-corrected chi connectivity index (χ0v) is 4.42. The lowest BCUT2D eigenvalue weighted by Crippen LogP contribution is -1.87. The van der Waals surface area contributed by atoms with E-state index in [1.54, 1.807) is 0 Å². The first-order chi connectivity index (χ1) is 3.68. The summed E-state index contributed by atoms with van der Waals surface area (Å²) in [5.41, 5.74) is 0. The summed E-state index contributed by atoms with van der Waals surface area (Å²) in [5.74, 6) is 0. The molecule has 0 bridgehead atoms. The Kier molecular flexibility index (Phi) is 3.25. The molecule has 0 unspecified atom stereocenters. The van der Waals surface area contributed by atoms with Crippen LogP contribution in [0.2, 0.25) is 0 Å². The van der Waals surface area contributed by atoms with Crippen LogP contribution in [0.3, 0.4) is 0 Å². The van der Waals surface area contributed by atoms with Gasteiger partial charge >= 0.3 is 22.2 Å². The van der Waals surface area contributed by atoms with Crippen LogP contribution in [0.5, 0.6) is 0 Å². The molecule has 0 aliphatic heterocycles. The predicted octanol–water partition coefficient (Wildman–Crippen LogP) is 1.54. The quantitative estimate of drug-likeness (QED) is 0.247. The van der Waals surface area contributed by atoms with Crippen molar-refractivity contribution in [3.8, 4) is 0 Å². The fraction of sp³-hybridized carbons (Fsp3) is 0. The van der Waals surface area contributed by atoms with Crippen molar-refractivity contribution in [2.45, 2.75) is 0 Å². The summed E-state index contributed by atoms with van der Waals surface area (Å²) in [5, 5.41) is 0. The average Bonchev–Trinajstić information content (AvgIpc) is 1.67. The van der Waals surface area contributed by atoms with E-state index < -0.39 is 22.2 Å². The maximum atomic E-state index is 11.2. The minimum Gasteiger partial charge on any atom is -0.489 e. The molecule has 2 radical (unpaired) electrons. The van der Waals surface area contributed by atoms with Crippen LogP contribution >= 0.6 is 0 Å². The van der Waals surface area contributed by atoms with Crippen LogP contribution in [0.4, 0.5) is 17.3 Å². The molecule has 0 aliphatic carbocycles. The highest BCUT2D eigenvalue weighted by atomic mass is 28.3. The van der Waals surface area contributed by atoms with Crippen molar-refractivity contribution in [2.75, 3.05) is 0 Å². The van der Waals surface area contributed by atoms with E-state index in [-0.39, 0.29) is 0 Å². The van der Waals surface area contributed by atoms with Crippen LogP contribution in [0, 0.1) is 0 Å². The van der Waals surface area contributed by atoms with Gasteiger partial charge in [-0.3, -0.25) is 4.11 Å². The Morgan fingerprint density at radius 3 is 1.88 bits per heavy atom. The second-order valence-corrected chi connectivity index (χ2v) is 1.07. The van der Waals surface area contributed by atoms with Gasteiger partial charge in [0.15, 0.2) is 0 Å². The molecule has 0 N–H and O–H groups in total. The van der Waals surface area contributed by atoms with Crippen LogP contribution in [0.1, 0.15) is 0 Å². The second-order valence-electron chi connectivity index (χ2n) is 0.713. The van der Waals surface area contributed by atoms with Crippen LogP contribution in [0.15, 0.2) is 12.1 Å². The molecule has 0 aromatic heterocycles. The van der Waals surface area contributed by atoms with Crippen molar-refractivity contribution in [1.29, 1.82) is 0 Å². The van der Waals surface area contributed by atoms with Crippen LogP contribution in [-0.2, 0) is 4.43 Å². The number of hydrogen-bond donors (Lipinski definition) is 0. The smallest absolute Gasteiger partial charge is 0.489 e. The summed E-state index contributed by atoms with van der Waals surface area (Å²) in [4.78, 5) is 0. The molecule has 46 valence electrons. The van der Waals surface area contributed by atoms with Gasteiger partial charge in [-0.2, -0.15) is 13.2 Å². The van der Waals surface area contributed by atoms with Crippen molar-refractivity contribution >= 4 is 10.1 Å². The van der Waals surface area contributed by atoms with Gasteiger partial charge in [-0.25, -0.2) is 0 Å². The molecule has 0 aliphatic rings. The fourth-order valence-corrected chi connectivity index (χ4v) is 0.217. The SMILES string of the molecule is F[Si]OC(F)=C(F)F. The monoisotopic (exact) mass is 144 g/mol. The topological polar surface area (TPSA) is 9.23 Å². The summed E-state index contributed by atoms with van der Waals surface area (Å²) in [7, 11) is -1.78. The minimum atomic E-state index is -2.64. The van der Waals surface area contributed by atoms with Crippen molar-refractivity contribution < 1.29 is 21.7 Å². The molecule has 0 rings (SSSR count). The standard InChI is InChI=1S/C2F4OSi/c3-1(4)2(5)7-8-6. The molecule has 0 aromatic carbocycles. The Hall–Kier alpha value is -0.523. The molecule has 0 amide bonds. The van der Waals surface area contributed by atoms with Gasteiger partial charge in [0.05, 0.1) is 0 Å². The molecular formula is C2F4OSi. The Labute approximate surface area is 45.1 Å². The molecule has 6 heteroatoms. The summed E-state index contributed by atoms with van der Waals surface area (Å²) in [6.07, 6.45) is -2.64. The number of rotatable bonds is 2. The maximum Gasteiger partial charge on any atom is 0.567 e. The highest BCUT2D eigenvalue weighted by Crippen LogP contribution is 2.08. The molecule has 0 atom stereocenters. The van der Waals surface area contributed by atoms with E-state index in [1.165, 1.54) is 0 Å². The molecule has 1 nitrogen and oxygen atoms in total. The summed E-state index contributed by atoms with van der Waals surface area (Å²) >= 11 is 0. The third-order valence-corrected chi connectivity index (χ3v) is 0.533. The molecule has 0 heterocycles. The molecule has 8 heavy (non-hydrogen) atoms. The first-order valence-electron chi connectivity index (χ1n) is 1.41. The molecule has 0 fully saturated rings. The molecule has 0 aromatic rings. The van der Waals surface area contributed by atoms with Gasteiger partial charge in [-0.05, 0) is 0 Å².